The van der Waals surface area contributed by atoms with Gasteiger partial charge in [-0.3, -0.25) is 14.4 Å². The number of ketones is 1. The number of rotatable bonds is 4. The molecule has 1 atom stereocenters. The van der Waals surface area contributed by atoms with Crippen molar-refractivity contribution in [3.63, 3.8) is 0 Å². The van der Waals surface area contributed by atoms with Gasteiger partial charge in [-0.05, 0) is 31.4 Å². The monoisotopic (exact) mass is 317 g/mol. The first-order chi connectivity index (χ1) is 11.1. The minimum atomic E-state index is -0.607. The molecule has 6 heteroatoms. The molecule has 122 valence electrons. The number of para-hydroxylation sites is 2. The molecule has 2 aliphatic rings. The number of carbonyl (C=O) groups excluding carboxylic acids is 3. The summed E-state index contributed by atoms with van der Waals surface area (Å²) >= 11 is 0. The normalized spacial score (nSPS) is 20.7. The number of anilines is 1. The zero-order chi connectivity index (χ0) is 16.2. The van der Waals surface area contributed by atoms with E-state index in [9.17, 15) is 14.4 Å². The van der Waals surface area contributed by atoms with Crippen LogP contribution in [-0.2, 0) is 19.1 Å². The fraction of sp³-hybridized carbons (Fsp3) is 0.471. The summed E-state index contributed by atoms with van der Waals surface area (Å²) in [6, 6.07) is 7.21. The molecule has 1 aromatic carbocycles. The number of amides is 1. The highest BCUT2D eigenvalue weighted by molar-refractivity contribution is 5.98. The van der Waals surface area contributed by atoms with E-state index in [1.807, 2.05) is 12.1 Å². The van der Waals surface area contributed by atoms with E-state index >= 15 is 0 Å². The van der Waals surface area contributed by atoms with Crippen molar-refractivity contribution < 1.29 is 23.9 Å². The Kier molecular flexibility index (Phi) is 4.60. The first-order valence-corrected chi connectivity index (χ1v) is 7.89. The van der Waals surface area contributed by atoms with Gasteiger partial charge >= 0.3 is 5.97 Å². The number of hydrogen-bond donors (Lipinski definition) is 0. The molecular weight excluding hydrogens is 298 g/mol. The molecule has 0 aromatic heterocycles. The van der Waals surface area contributed by atoms with Crippen LogP contribution in [0, 0.1) is 0 Å². The maximum atomic E-state index is 12.0. The van der Waals surface area contributed by atoms with Crippen LogP contribution in [-0.4, -0.2) is 36.9 Å². The number of esters is 1. The van der Waals surface area contributed by atoms with Crippen LogP contribution in [0.4, 0.5) is 5.69 Å². The van der Waals surface area contributed by atoms with Gasteiger partial charge in [0.2, 0.25) is 0 Å². The average molecular weight is 317 g/mol. The smallest absolute Gasteiger partial charge is 0.308 e. The molecule has 1 heterocycles. The number of nitrogens with zero attached hydrogens (tertiary/aromatic N) is 1. The number of ether oxygens (including phenoxy) is 2. The van der Waals surface area contributed by atoms with E-state index in [1.165, 1.54) is 4.90 Å². The third kappa shape index (κ3) is 3.52. The summed E-state index contributed by atoms with van der Waals surface area (Å²) in [6.45, 7) is 0.187. The maximum absolute atomic E-state index is 12.0. The fourth-order valence-corrected chi connectivity index (χ4v) is 2.90. The largest absolute Gasteiger partial charge is 0.482 e. The van der Waals surface area contributed by atoms with Crippen molar-refractivity contribution in [2.75, 3.05) is 18.1 Å². The van der Waals surface area contributed by atoms with Crippen LogP contribution in [0.1, 0.15) is 32.1 Å². The lowest BCUT2D eigenvalue weighted by atomic mass is 9.96. The molecular formula is C17H19NO5. The Labute approximate surface area is 134 Å². The molecule has 1 fully saturated rings. The van der Waals surface area contributed by atoms with Gasteiger partial charge in [0.1, 0.15) is 5.75 Å². The predicted molar refractivity (Wildman–Crippen MR) is 82.3 cm³/mol. The molecule has 1 saturated carbocycles. The molecule has 0 unspecified atom stereocenters. The van der Waals surface area contributed by atoms with Crippen LogP contribution in [0.2, 0.25) is 0 Å². The van der Waals surface area contributed by atoms with E-state index in [2.05, 4.69) is 0 Å². The Bertz CT molecular complexity index is 627. The van der Waals surface area contributed by atoms with E-state index in [0.29, 0.717) is 24.3 Å². The van der Waals surface area contributed by atoms with E-state index in [1.54, 1.807) is 12.1 Å². The van der Waals surface area contributed by atoms with Gasteiger partial charge in [0.15, 0.2) is 18.5 Å². The van der Waals surface area contributed by atoms with Gasteiger partial charge in [-0.1, -0.05) is 12.1 Å². The van der Waals surface area contributed by atoms with E-state index in [0.717, 1.165) is 12.8 Å². The van der Waals surface area contributed by atoms with Crippen molar-refractivity contribution in [2.45, 2.75) is 38.2 Å². The van der Waals surface area contributed by atoms with Crippen molar-refractivity contribution in [1.29, 1.82) is 0 Å². The number of benzene rings is 1. The minimum Gasteiger partial charge on any atom is -0.482 e. The molecule has 3 rings (SSSR count). The van der Waals surface area contributed by atoms with Gasteiger partial charge in [0, 0.05) is 13.0 Å². The Morgan fingerprint density at radius 3 is 2.91 bits per heavy atom. The fourth-order valence-electron chi connectivity index (χ4n) is 2.90. The van der Waals surface area contributed by atoms with Crippen molar-refractivity contribution in [1.82, 2.24) is 0 Å². The molecule has 0 spiro atoms. The van der Waals surface area contributed by atoms with Crippen LogP contribution in [0.5, 0.6) is 5.75 Å². The van der Waals surface area contributed by atoms with Gasteiger partial charge in [-0.25, -0.2) is 0 Å². The molecule has 6 nitrogen and oxygen atoms in total. The number of Topliss-reactive ketones (excluding diaryl/α,β-unsaturated/α-hetero) is 1. The van der Waals surface area contributed by atoms with E-state index in [4.69, 9.17) is 9.47 Å². The number of fused-ring (bicyclic) bond motifs is 1. The molecule has 1 amide bonds. The second-order valence-corrected chi connectivity index (χ2v) is 5.74. The summed E-state index contributed by atoms with van der Waals surface area (Å²) in [5.41, 5.74) is 0.658. The zero-order valence-corrected chi connectivity index (χ0v) is 12.8. The lowest BCUT2D eigenvalue weighted by Gasteiger charge is -2.29. The van der Waals surface area contributed by atoms with Gasteiger partial charge in [-0.15, -0.1) is 0 Å². The Morgan fingerprint density at radius 1 is 1.26 bits per heavy atom. The minimum absolute atomic E-state index is 0.00241. The number of hydrogen-bond acceptors (Lipinski definition) is 5. The lowest BCUT2D eigenvalue weighted by molar-refractivity contribution is -0.156. The average Bonchev–Trinajstić information content (AvgIpc) is 2.56. The third-order valence-corrected chi connectivity index (χ3v) is 4.12. The highest BCUT2D eigenvalue weighted by Gasteiger charge is 2.28. The van der Waals surface area contributed by atoms with Gasteiger partial charge in [-0.2, -0.15) is 0 Å². The van der Waals surface area contributed by atoms with Gasteiger partial charge < -0.3 is 14.4 Å². The maximum Gasteiger partial charge on any atom is 0.308 e. The SMILES string of the molecule is O=C(CCN1C(=O)COc2ccccc21)O[C@@H]1CCCCC1=O. The number of carbonyl (C=O) groups is 3. The van der Waals surface area contributed by atoms with Crippen molar-refractivity contribution in [3.05, 3.63) is 24.3 Å². The summed E-state index contributed by atoms with van der Waals surface area (Å²) in [4.78, 5) is 37.2. The van der Waals surface area contributed by atoms with Crippen molar-refractivity contribution >= 4 is 23.3 Å². The Morgan fingerprint density at radius 2 is 2.09 bits per heavy atom. The second kappa shape index (κ2) is 6.81. The highest BCUT2D eigenvalue weighted by Crippen LogP contribution is 2.31. The first kappa shape index (κ1) is 15.5. The topological polar surface area (TPSA) is 72.9 Å². The second-order valence-electron chi connectivity index (χ2n) is 5.74. The molecule has 0 radical (unpaired) electrons. The molecule has 1 aromatic rings. The lowest BCUT2D eigenvalue weighted by Crippen LogP contribution is -2.40. The summed E-state index contributed by atoms with van der Waals surface area (Å²) in [7, 11) is 0. The first-order valence-electron chi connectivity index (χ1n) is 7.89. The third-order valence-electron chi connectivity index (χ3n) is 4.12. The molecule has 1 aliphatic heterocycles. The van der Waals surface area contributed by atoms with E-state index in [-0.39, 0.29) is 31.3 Å². The summed E-state index contributed by atoms with van der Waals surface area (Å²) in [5.74, 6) is -0.00686. The summed E-state index contributed by atoms with van der Waals surface area (Å²) in [5, 5.41) is 0. The standard InChI is InChI=1S/C17H19NO5/c19-13-6-2-4-8-15(13)23-17(21)9-10-18-12-5-1-3-7-14(12)22-11-16(18)20/h1,3,5,7,15H,2,4,6,8-11H2/t15-/m1/s1. The quantitative estimate of drug-likeness (QED) is 0.793. The van der Waals surface area contributed by atoms with Gasteiger partial charge in [0.25, 0.3) is 5.91 Å². The van der Waals surface area contributed by atoms with Crippen molar-refractivity contribution in [3.8, 4) is 5.75 Å². The van der Waals surface area contributed by atoms with Crippen LogP contribution in [0.3, 0.4) is 0 Å². The molecule has 0 bridgehead atoms. The Hall–Kier alpha value is -2.37. The van der Waals surface area contributed by atoms with Crippen LogP contribution >= 0.6 is 0 Å². The van der Waals surface area contributed by atoms with Crippen LogP contribution in [0.25, 0.3) is 0 Å². The van der Waals surface area contributed by atoms with Crippen LogP contribution in [0.15, 0.2) is 24.3 Å². The summed E-state index contributed by atoms with van der Waals surface area (Å²) in [6.07, 6.45) is 2.30. The van der Waals surface area contributed by atoms with Crippen molar-refractivity contribution in [2.24, 2.45) is 0 Å². The summed E-state index contributed by atoms with van der Waals surface area (Å²) < 4.78 is 10.6. The highest BCUT2D eigenvalue weighted by atomic mass is 16.5. The molecule has 0 saturated heterocycles. The van der Waals surface area contributed by atoms with E-state index < -0.39 is 12.1 Å². The van der Waals surface area contributed by atoms with Crippen LogP contribution < -0.4 is 9.64 Å². The van der Waals surface area contributed by atoms with Gasteiger partial charge in [0.05, 0.1) is 12.1 Å². The molecule has 1 aliphatic carbocycles. The molecule has 0 N–H and O–H groups in total. The Balaban J connectivity index is 1.58. The molecule has 23 heavy (non-hydrogen) atoms. The predicted octanol–water partition coefficient (Wildman–Crippen LogP) is 1.86. The zero-order valence-electron chi connectivity index (χ0n) is 12.8.